The second-order valence-corrected chi connectivity index (χ2v) is 39.0. The van der Waals surface area contributed by atoms with Crippen molar-refractivity contribution in [1.82, 2.24) is 0 Å². The fourth-order valence-electron chi connectivity index (χ4n) is 20.8. The van der Waals surface area contributed by atoms with E-state index in [0.717, 1.165) is 137 Å². The Balaban J connectivity index is 0.867. The lowest BCUT2D eigenvalue weighted by Crippen LogP contribution is -2.37. The number of hydrogen-bond acceptors (Lipinski definition) is 10. The molecule has 124 heavy (non-hydrogen) atoms. The van der Waals surface area contributed by atoms with Gasteiger partial charge < -0.3 is 43.6 Å². The molecule has 0 atom stereocenters. The Morgan fingerprint density at radius 2 is 0.444 bits per heavy atom. The van der Waals surface area contributed by atoms with E-state index in [-0.39, 0.29) is 16.2 Å². The number of ether oxygens (including phenoxy) is 3. The molecule has 10 heteroatoms. The lowest BCUT2D eigenvalue weighted by Gasteiger charge is -2.53. The van der Waals surface area contributed by atoms with Crippen LogP contribution in [0.4, 0.5) is 119 Å². The Labute approximate surface area is 731 Å². The maximum atomic E-state index is 5.83. The first kappa shape index (κ1) is 77.6. The van der Waals surface area contributed by atoms with Crippen molar-refractivity contribution in [1.29, 1.82) is 0 Å². The topological polar surface area (TPSA) is 50.4 Å². The van der Waals surface area contributed by atoms with Gasteiger partial charge in [0.2, 0.25) is 0 Å². The summed E-state index contributed by atoms with van der Waals surface area (Å²) < 4.78 is 17.5. The number of fused-ring (bicyclic) bond motifs is 12. The molecule has 21 rings (SSSR count). The molecular weight excluding hydrogens is 1520 g/mol. The quantitative estimate of drug-likeness (QED) is 0.0992. The van der Waals surface area contributed by atoms with Gasteiger partial charge in [-0.05, 0) is 283 Å². The highest BCUT2D eigenvalue weighted by Gasteiger charge is 2.56. The van der Waals surface area contributed by atoms with Gasteiger partial charge in [0, 0.05) is 101 Å². The van der Waals surface area contributed by atoms with Crippen molar-refractivity contribution in [3.8, 4) is 50.6 Å². The van der Waals surface area contributed by atoms with Gasteiger partial charge in [-0.2, -0.15) is 0 Å². The molecule has 614 valence electrons. The van der Waals surface area contributed by atoms with Crippen LogP contribution in [0, 0.1) is 0 Å². The van der Waals surface area contributed by atoms with Crippen LogP contribution in [0.5, 0.6) is 17.2 Å². The van der Waals surface area contributed by atoms with Crippen molar-refractivity contribution in [3.05, 3.63) is 359 Å². The third-order valence-corrected chi connectivity index (χ3v) is 27.5. The van der Waals surface area contributed by atoms with Crippen LogP contribution in [0.15, 0.2) is 309 Å². The maximum Gasteiger partial charge on any atom is 0.119 e. The molecule has 0 spiro atoms. The molecule has 3 heterocycles. The van der Waals surface area contributed by atoms with E-state index in [1.165, 1.54) is 83.5 Å². The molecule has 3 aliphatic heterocycles. The lowest BCUT2D eigenvalue weighted by molar-refractivity contribution is 0.414. The van der Waals surface area contributed by atoms with Gasteiger partial charge in [-0.3, -0.25) is 4.90 Å². The smallest absolute Gasteiger partial charge is 0.119 e. The lowest BCUT2D eigenvalue weighted by atomic mass is 9.78. The number of para-hydroxylation sites is 3. The van der Waals surface area contributed by atoms with Gasteiger partial charge in [0.15, 0.2) is 0 Å². The van der Waals surface area contributed by atoms with E-state index in [1.807, 2.05) is 0 Å². The van der Waals surface area contributed by atoms with Gasteiger partial charge >= 0.3 is 0 Å². The number of benzene rings is 15. The van der Waals surface area contributed by atoms with E-state index < -0.39 is 16.2 Å². The predicted octanol–water partition coefficient (Wildman–Crippen LogP) is 31.8. The Hall–Kier alpha value is -13.7. The fraction of sp³-hybridized carbons (Fsp3) is 0.211. The minimum atomic E-state index is -0.568. The Morgan fingerprint density at radius 3 is 0.661 bits per heavy atom. The summed E-state index contributed by atoms with van der Waals surface area (Å²) in [6.45, 7) is 35.4. The van der Waals surface area contributed by atoms with Crippen molar-refractivity contribution in [2.24, 2.45) is 0 Å². The highest BCUT2D eigenvalue weighted by Crippen LogP contribution is 2.78. The molecular formula is C114H105N7O3. The van der Waals surface area contributed by atoms with Gasteiger partial charge in [-0.15, -0.1) is 0 Å². The Morgan fingerprint density at radius 1 is 0.226 bits per heavy atom. The molecule has 0 aromatic heterocycles. The standard InChI is InChI=1S/C114H105N7O3/c1-109(2,3)70-34-40-76(41-35-70)115(79-46-55-85(122-16)56-47-79)82-52-61-88-91(64-82)112(10,11)94-67-97-103-106(100(88)94)118(73-28-22-19-23-29-73)98-68-95-102(90-63-54-84(66-93(90)113(95,12)13)117(81-50-59-87(124-18)60-51-81)78-44-38-72(39-45-78)111(7,8)9)108-104(98)121(103)105-99(120(108)75-32-26-21-27-33-75)69-96-101(107(105)119(97)74-30-24-20-25-31-74)89-62-53-83(65-92(89)114(96,14)15)116(80-48-57-86(123-17)58-49-80)77-42-36-71(37-43-77)110(4,5)6/h19-69H,1-18H3. The molecule has 0 bridgehead atoms. The highest BCUT2D eigenvalue weighted by atomic mass is 16.5. The number of rotatable bonds is 15. The summed E-state index contributed by atoms with van der Waals surface area (Å²) in [6.07, 6.45) is 0. The van der Waals surface area contributed by atoms with Crippen LogP contribution < -0.4 is 48.5 Å². The van der Waals surface area contributed by atoms with Crippen molar-refractivity contribution in [2.45, 2.75) is 136 Å². The summed E-state index contributed by atoms with van der Waals surface area (Å²) in [5.41, 5.74) is 39.6. The molecule has 0 fully saturated rings. The van der Waals surface area contributed by atoms with Crippen LogP contribution in [0.25, 0.3) is 33.4 Å². The normalized spacial score (nSPS) is 14.7. The van der Waals surface area contributed by atoms with E-state index in [2.05, 4.69) is 448 Å². The second kappa shape index (κ2) is 27.9. The van der Waals surface area contributed by atoms with Crippen molar-refractivity contribution in [2.75, 3.05) is 55.6 Å². The molecule has 0 saturated carbocycles. The SMILES string of the molecule is COc1ccc(N(c2ccc(C(C)(C)C)cc2)c2ccc3c(c2)C(C)(C)c2cc4c5c(c2-3)N(c2ccccc2)c2cc3c(c6c2N5c2c(cc5c(c2N4c2ccccc2)-c2ccc(N(c4ccc(OC)cc4)c4ccc(C(C)(C)C)cc4)cc2C5(C)C)N6c2ccccc2)-c2ccc(N(c4ccc(OC)cc4)c4ccc(C(C)(C)C)cc4)cc2C3(C)C)cc1. The molecule has 15 aromatic carbocycles. The zero-order chi connectivity index (χ0) is 85.7. The molecule has 0 amide bonds. The van der Waals surface area contributed by atoms with Crippen LogP contribution in [0.1, 0.15) is 154 Å². The largest absolute Gasteiger partial charge is 0.497 e. The average molecular weight is 1620 g/mol. The third kappa shape index (κ3) is 11.8. The fourth-order valence-corrected chi connectivity index (χ4v) is 20.8. The van der Waals surface area contributed by atoms with E-state index >= 15 is 0 Å². The number of nitrogens with zero attached hydrogens (tertiary/aromatic N) is 7. The first-order valence-electron chi connectivity index (χ1n) is 43.6. The number of methoxy groups -OCH3 is 3. The van der Waals surface area contributed by atoms with Crippen LogP contribution >= 0.6 is 0 Å². The van der Waals surface area contributed by atoms with Gasteiger partial charge in [0.1, 0.15) is 17.2 Å². The zero-order valence-corrected chi connectivity index (χ0v) is 74.3. The third-order valence-electron chi connectivity index (χ3n) is 27.5. The predicted molar refractivity (Wildman–Crippen MR) is 518 cm³/mol. The molecule has 6 aliphatic rings. The first-order chi connectivity index (χ1) is 59.5. The molecule has 0 saturated heterocycles. The van der Waals surface area contributed by atoms with E-state index in [4.69, 9.17) is 14.2 Å². The minimum absolute atomic E-state index is 0.0317. The summed E-state index contributed by atoms with van der Waals surface area (Å²) in [7, 11) is 5.22. The first-order valence-corrected chi connectivity index (χ1v) is 43.6. The van der Waals surface area contributed by atoms with Crippen molar-refractivity contribution in [3.63, 3.8) is 0 Å². The van der Waals surface area contributed by atoms with Crippen LogP contribution in [-0.4, -0.2) is 21.3 Å². The molecule has 3 aliphatic carbocycles. The molecule has 10 nitrogen and oxygen atoms in total. The van der Waals surface area contributed by atoms with E-state index in [9.17, 15) is 0 Å². The van der Waals surface area contributed by atoms with Crippen molar-refractivity contribution < 1.29 is 14.2 Å². The summed E-state index contributed by atoms with van der Waals surface area (Å²) >= 11 is 0. The number of hydrogen-bond donors (Lipinski definition) is 0. The summed E-state index contributed by atoms with van der Waals surface area (Å²) in [6, 6.07) is 117. The maximum absolute atomic E-state index is 5.83. The van der Waals surface area contributed by atoms with Crippen molar-refractivity contribution >= 4 is 119 Å². The van der Waals surface area contributed by atoms with Crippen LogP contribution in [0.2, 0.25) is 0 Å². The summed E-state index contributed by atoms with van der Waals surface area (Å²) in [5.74, 6) is 2.42. The monoisotopic (exact) mass is 1620 g/mol. The molecule has 15 aromatic rings. The minimum Gasteiger partial charge on any atom is -0.497 e. The molecule has 0 radical (unpaired) electrons. The zero-order valence-electron chi connectivity index (χ0n) is 74.3. The van der Waals surface area contributed by atoms with Gasteiger partial charge in [0.25, 0.3) is 0 Å². The summed E-state index contributed by atoms with van der Waals surface area (Å²) in [5, 5.41) is 0. The van der Waals surface area contributed by atoms with Crippen LogP contribution in [-0.2, 0) is 32.5 Å². The van der Waals surface area contributed by atoms with Crippen LogP contribution in [0.3, 0.4) is 0 Å². The van der Waals surface area contributed by atoms with E-state index in [1.54, 1.807) is 21.3 Å². The highest BCUT2D eigenvalue weighted by molar-refractivity contribution is 6.27. The summed E-state index contributed by atoms with van der Waals surface area (Å²) in [4.78, 5) is 18.1. The van der Waals surface area contributed by atoms with Gasteiger partial charge in [-0.25, -0.2) is 0 Å². The second-order valence-electron chi connectivity index (χ2n) is 39.0. The molecule has 0 unspecified atom stereocenters. The number of anilines is 21. The Kier molecular flexibility index (Phi) is 17.5. The Bertz CT molecular complexity index is 6140. The van der Waals surface area contributed by atoms with Gasteiger partial charge in [-0.1, -0.05) is 213 Å². The average Bonchev–Trinajstić information content (AvgIpc) is 1.34. The van der Waals surface area contributed by atoms with E-state index in [0.29, 0.717) is 0 Å². The molecule has 0 N–H and O–H groups in total. The van der Waals surface area contributed by atoms with Gasteiger partial charge in [0.05, 0.1) is 72.5 Å².